The van der Waals surface area contributed by atoms with E-state index in [9.17, 15) is 10.1 Å². The molecule has 1 fully saturated rings. The Kier molecular flexibility index (Phi) is 5.47. The summed E-state index contributed by atoms with van der Waals surface area (Å²) >= 11 is 3.46. The fraction of sp³-hybridized carbons (Fsp3) is 0.529. The van der Waals surface area contributed by atoms with Crippen molar-refractivity contribution in [1.82, 2.24) is 4.90 Å². The molecule has 1 aliphatic rings. The summed E-state index contributed by atoms with van der Waals surface area (Å²) in [6.07, 6.45) is 4.75. The highest BCUT2D eigenvalue weighted by atomic mass is 79.9. The third-order valence-electron chi connectivity index (χ3n) is 4.51. The third kappa shape index (κ3) is 3.61. The molecule has 0 heterocycles. The summed E-state index contributed by atoms with van der Waals surface area (Å²) in [7, 11) is 1.76. The molecule has 1 N–H and O–H groups in total. The Hall–Kier alpha value is -1.54. The molecular formula is C17H22BrN3O. The number of hydrogen-bond acceptors (Lipinski definition) is 3. The van der Waals surface area contributed by atoms with Crippen LogP contribution in [0.3, 0.4) is 0 Å². The molecular weight excluding hydrogens is 342 g/mol. The number of benzene rings is 1. The fourth-order valence-electron chi connectivity index (χ4n) is 2.95. The maximum absolute atomic E-state index is 12.4. The van der Waals surface area contributed by atoms with E-state index in [2.05, 4.69) is 27.3 Å². The molecule has 2 rings (SSSR count). The zero-order chi connectivity index (χ0) is 16.2. The van der Waals surface area contributed by atoms with E-state index in [0.717, 1.165) is 47.8 Å². The first-order valence-corrected chi connectivity index (χ1v) is 8.46. The molecule has 118 valence electrons. The Bertz CT molecular complexity index is 588. The van der Waals surface area contributed by atoms with Crippen LogP contribution in [0.4, 0.5) is 5.69 Å². The quantitative estimate of drug-likeness (QED) is 0.883. The zero-order valence-electron chi connectivity index (χ0n) is 13.2. The molecule has 4 nitrogen and oxygen atoms in total. The highest BCUT2D eigenvalue weighted by Crippen LogP contribution is 2.32. The summed E-state index contributed by atoms with van der Waals surface area (Å²) in [6.45, 7) is 2.22. The minimum Gasteiger partial charge on any atom is -0.376 e. The number of nitrogens with one attached hydrogen (secondary N) is 1. The minimum absolute atomic E-state index is 0.0379. The third-order valence-corrected chi connectivity index (χ3v) is 5.40. The van der Waals surface area contributed by atoms with Gasteiger partial charge in [0.05, 0.1) is 12.6 Å². The van der Waals surface area contributed by atoms with Crippen LogP contribution in [-0.2, 0) is 4.79 Å². The van der Waals surface area contributed by atoms with E-state index in [1.54, 1.807) is 11.9 Å². The lowest BCUT2D eigenvalue weighted by Gasteiger charge is -2.39. The summed E-state index contributed by atoms with van der Waals surface area (Å²) in [4.78, 5) is 14.1. The van der Waals surface area contributed by atoms with Crippen LogP contribution in [0, 0.1) is 18.3 Å². The molecule has 0 atom stereocenters. The fourth-order valence-corrected chi connectivity index (χ4v) is 3.20. The van der Waals surface area contributed by atoms with Gasteiger partial charge in [0.1, 0.15) is 5.54 Å². The number of aryl methyl sites for hydroxylation is 1. The number of halogens is 1. The van der Waals surface area contributed by atoms with Crippen LogP contribution in [0.5, 0.6) is 0 Å². The van der Waals surface area contributed by atoms with Crippen LogP contribution >= 0.6 is 15.9 Å². The lowest BCUT2D eigenvalue weighted by molar-refractivity contribution is -0.132. The van der Waals surface area contributed by atoms with Gasteiger partial charge in [0.2, 0.25) is 5.91 Å². The predicted molar refractivity (Wildman–Crippen MR) is 91.6 cm³/mol. The lowest BCUT2D eigenvalue weighted by atomic mass is 9.81. The van der Waals surface area contributed by atoms with Crippen molar-refractivity contribution < 1.29 is 4.79 Å². The van der Waals surface area contributed by atoms with Crippen LogP contribution in [0.15, 0.2) is 22.7 Å². The number of nitriles is 1. The molecule has 5 heteroatoms. The second kappa shape index (κ2) is 7.15. The highest BCUT2D eigenvalue weighted by molar-refractivity contribution is 9.10. The number of nitrogens with zero attached hydrogens (tertiary/aromatic N) is 2. The minimum atomic E-state index is -0.618. The van der Waals surface area contributed by atoms with Crippen molar-refractivity contribution in [3.63, 3.8) is 0 Å². The first-order chi connectivity index (χ1) is 10.5. The molecule has 1 amide bonds. The Morgan fingerprint density at radius 3 is 2.68 bits per heavy atom. The maximum Gasteiger partial charge on any atom is 0.242 e. The number of carbonyl (C=O) groups is 1. The summed E-state index contributed by atoms with van der Waals surface area (Å²) in [5.41, 5.74) is 1.41. The van der Waals surface area contributed by atoms with Gasteiger partial charge in [0.25, 0.3) is 0 Å². The average molecular weight is 364 g/mol. The van der Waals surface area contributed by atoms with Gasteiger partial charge in [0.15, 0.2) is 0 Å². The lowest BCUT2D eigenvalue weighted by Crippen LogP contribution is -2.51. The van der Waals surface area contributed by atoms with Crippen molar-refractivity contribution in [2.45, 2.75) is 44.6 Å². The van der Waals surface area contributed by atoms with Gasteiger partial charge in [0, 0.05) is 17.2 Å². The number of rotatable bonds is 4. The Morgan fingerprint density at radius 1 is 1.41 bits per heavy atom. The van der Waals surface area contributed by atoms with Crippen molar-refractivity contribution in [2.24, 2.45) is 0 Å². The molecule has 0 spiro atoms. The van der Waals surface area contributed by atoms with Gasteiger partial charge in [-0.1, -0.05) is 35.2 Å². The molecule has 0 bridgehead atoms. The van der Waals surface area contributed by atoms with E-state index in [1.165, 1.54) is 0 Å². The van der Waals surface area contributed by atoms with Gasteiger partial charge in [-0.2, -0.15) is 5.26 Å². The molecule has 0 radical (unpaired) electrons. The monoisotopic (exact) mass is 363 g/mol. The van der Waals surface area contributed by atoms with E-state index in [1.807, 2.05) is 25.1 Å². The summed E-state index contributed by atoms with van der Waals surface area (Å²) in [5.74, 6) is -0.0379. The van der Waals surface area contributed by atoms with Gasteiger partial charge in [-0.05, 0) is 43.5 Å². The number of amides is 1. The molecule has 1 aromatic rings. The van der Waals surface area contributed by atoms with Gasteiger partial charge >= 0.3 is 0 Å². The highest BCUT2D eigenvalue weighted by Gasteiger charge is 2.38. The Morgan fingerprint density at radius 2 is 2.09 bits per heavy atom. The predicted octanol–water partition coefficient (Wildman–Crippen LogP) is 3.85. The smallest absolute Gasteiger partial charge is 0.242 e. The van der Waals surface area contributed by atoms with E-state index >= 15 is 0 Å². The average Bonchev–Trinajstić information content (AvgIpc) is 2.55. The van der Waals surface area contributed by atoms with Crippen LogP contribution in [0.25, 0.3) is 0 Å². The zero-order valence-corrected chi connectivity index (χ0v) is 14.7. The standard InChI is InChI=1S/C17H22BrN3O/c1-13-10-14(6-7-15(13)18)20-11-16(22)21(2)17(12-19)8-4-3-5-9-17/h6-7,10,20H,3-5,8-9,11H2,1-2H3. The van der Waals surface area contributed by atoms with Gasteiger partial charge < -0.3 is 10.2 Å². The second-order valence-electron chi connectivity index (χ2n) is 5.97. The van der Waals surface area contributed by atoms with Crippen LogP contribution in [0.1, 0.15) is 37.7 Å². The topological polar surface area (TPSA) is 56.1 Å². The van der Waals surface area contributed by atoms with Gasteiger partial charge in [-0.15, -0.1) is 0 Å². The molecule has 0 aliphatic heterocycles. The summed E-state index contributed by atoms with van der Waals surface area (Å²) < 4.78 is 1.05. The molecule has 1 aromatic carbocycles. The molecule has 0 unspecified atom stereocenters. The number of likely N-dealkylation sites (N-methyl/N-ethyl adjacent to an activating group) is 1. The number of carbonyl (C=O) groups excluding carboxylic acids is 1. The summed E-state index contributed by atoms with van der Waals surface area (Å²) in [6, 6.07) is 8.28. The van der Waals surface area contributed by atoms with E-state index in [-0.39, 0.29) is 12.5 Å². The SMILES string of the molecule is Cc1cc(NCC(=O)N(C)C2(C#N)CCCCC2)ccc1Br. The van der Waals surface area contributed by atoms with Crippen LogP contribution in [-0.4, -0.2) is 29.9 Å². The molecule has 22 heavy (non-hydrogen) atoms. The molecule has 0 aromatic heterocycles. The van der Waals surface area contributed by atoms with Gasteiger partial charge in [-0.25, -0.2) is 0 Å². The van der Waals surface area contributed by atoms with Crippen molar-refractivity contribution in [3.8, 4) is 6.07 Å². The van der Waals surface area contributed by atoms with Gasteiger partial charge in [-0.3, -0.25) is 4.79 Å². The first-order valence-electron chi connectivity index (χ1n) is 7.66. The van der Waals surface area contributed by atoms with Crippen LogP contribution < -0.4 is 5.32 Å². The molecule has 1 aliphatic carbocycles. The molecule has 0 saturated heterocycles. The van der Waals surface area contributed by atoms with E-state index < -0.39 is 5.54 Å². The van der Waals surface area contributed by atoms with Crippen molar-refractivity contribution >= 4 is 27.5 Å². The second-order valence-corrected chi connectivity index (χ2v) is 6.83. The Balaban J connectivity index is 1.99. The van der Waals surface area contributed by atoms with E-state index in [4.69, 9.17) is 0 Å². The summed E-state index contributed by atoms with van der Waals surface area (Å²) in [5, 5.41) is 12.7. The maximum atomic E-state index is 12.4. The van der Waals surface area contributed by atoms with Crippen LogP contribution in [0.2, 0.25) is 0 Å². The van der Waals surface area contributed by atoms with Crippen molar-refractivity contribution in [1.29, 1.82) is 5.26 Å². The largest absolute Gasteiger partial charge is 0.376 e. The molecule has 1 saturated carbocycles. The van der Waals surface area contributed by atoms with Crippen molar-refractivity contribution in [2.75, 3.05) is 18.9 Å². The van der Waals surface area contributed by atoms with Crippen molar-refractivity contribution in [3.05, 3.63) is 28.2 Å². The number of anilines is 1. The number of hydrogen-bond donors (Lipinski definition) is 1. The first kappa shape index (κ1) is 16.8. The van der Waals surface area contributed by atoms with E-state index in [0.29, 0.717) is 0 Å². The normalized spacial score (nSPS) is 16.6. The Labute approximate surface area is 140 Å².